The molecule has 0 aromatic heterocycles. The summed E-state index contributed by atoms with van der Waals surface area (Å²) < 4.78 is 15.4. The first-order chi connectivity index (χ1) is 13.5. The number of benzene rings is 2. The molecule has 0 unspecified atom stereocenters. The van der Waals surface area contributed by atoms with Gasteiger partial charge in [-0.3, -0.25) is 19.7 Å². The highest BCUT2D eigenvalue weighted by atomic mass is 16.6. The Bertz CT molecular complexity index is 859. The van der Waals surface area contributed by atoms with Crippen molar-refractivity contribution >= 4 is 18.0 Å². The van der Waals surface area contributed by atoms with Crippen LogP contribution in [0, 0.1) is 10.1 Å². The van der Waals surface area contributed by atoms with Gasteiger partial charge in [0.25, 0.3) is 0 Å². The monoisotopic (exact) mass is 385 g/mol. The zero-order valence-corrected chi connectivity index (χ0v) is 15.2. The van der Waals surface area contributed by atoms with Gasteiger partial charge in [0.15, 0.2) is 0 Å². The van der Waals surface area contributed by atoms with Gasteiger partial charge in [-0.05, 0) is 36.2 Å². The molecule has 0 heterocycles. The molecule has 2 aromatic carbocycles. The molecule has 0 radical (unpaired) electrons. The molecule has 8 heteroatoms. The van der Waals surface area contributed by atoms with Gasteiger partial charge in [0, 0.05) is 25.0 Å². The molecular formula is C20H19NO7. The smallest absolute Gasteiger partial charge is 0.311 e. The van der Waals surface area contributed by atoms with Gasteiger partial charge in [0.1, 0.15) is 17.2 Å². The van der Waals surface area contributed by atoms with Crippen molar-refractivity contribution in [1.82, 2.24) is 0 Å². The normalized spacial score (nSPS) is 10.5. The van der Waals surface area contributed by atoms with Crippen molar-refractivity contribution < 1.29 is 28.7 Å². The molecule has 2 aromatic rings. The first-order valence-electron chi connectivity index (χ1n) is 8.43. The van der Waals surface area contributed by atoms with Crippen LogP contribution in [0.4, 0.5) is 0 Å². The number of carbonyl (C=O) groups excluding carboxylic acids is 2. The van der Waals surface area contributed by atoms with Crippen LogP contribution in [-0.4, -0.2) is 24.0 Å². The third-order valence-electron chi connectivity index (χ3n) is 3.54. The van der Waals surface area contributed by atoms with Gasteiger partial charge in [-0.15, -0.1) is 0 Å². The van der Waals surface area contributed by atoms with E-state index in [9.17, 15) is 19.7 Å². The summed E-state index contributed by atoms with van der Waals surface area (Å²) in [5.41, 5.74) is 0.608. The molecule has 0 bridgehead atoms. The van der Waals surface area contributed by atoms with Crippen LogP contribution in [0.3, 0.4) is 0 Å². The maximum absolute atomic E-state index is 11.8. The summed E-state index contributed by atoms with van der Waals surface area (Å²) in [7, 11) is 1.52. The van der Waals surface area contributed by atoms with E-state index in [1.165, 1.54) is 25.3 Å². The van der Waals surface area contributed by atoms with Crippen molar-refractivity contribution in [3.05, 3.63) is 70.4 Å². The van der Waals surface area contributed by atoms with Gasteiger partial charge in [0.2, 0.25) is 6.20 Å². The van der Waals surface area contributed by atoms with Crippen molar-refractivity contribution in [1.29, 1.82) is 0 Å². The Balaban J connectivity index is 1.73. The molecule has 0 atom stereocenters. The van der Waals surface area contributed by atoms with Crippen LogP contribution in [0.1, 0.15) is 24.8 Å². The number of nitrogens with zero attached hydrogens (tertiary/aromatic N) is 1. The predicted molar refractivity (Wildman–Crippen MR) is 101 cm³/mol. The summed E-state index contributed by atoms with van der Waals surface area (Å²) in [5.74, 6) is 0.333. The predicted octanol–water partition coefficient (Wildman–Crippen LogP) is 3.62. The highest BCUT2D eigenvalue weighted by molar-refractivity contribution is 5.75. The minimum absolute atomic E-state index is 0.0518. The second-order valence-electron chi connectivity index (χ2n) is 5.65. The minimum Gasteiger partial charge on any atom is -0.497 e. The SMILES string of the molecule is COc1cccc(OC(=O)CCCC(=O)Oc2ccc(/C=C/[N+](=O)[O-])cc2)c1. The molecular weight excluding hydrogens is 366 g/mol. The number of nitro groups is 1. The molecule has 2 rings (SSSR count). The van der Waals surface area contributed by atoms with Crippen LogP contribution < -0.4 is 14.2 Å². The lowest BCUT2D eigenvalue weighted by atomic mass is 10.2. The maximum Gasteiger partial charge on any atom is 0.311 e. The Morgan fingerprint density at radius 2 is 1.57 bits per heavy atom. The van der Waals surface area contributed by atoms with E-state index in [4.69, 9.17) is 14.2 Å². The molecule has 0 aliphatic carbocycles. The highest BCUT2D eigenvalue weighted by Crippen LogP contribution is 2.19. The van der Waals surface area contributed by atoms with Crippen molar-refractivity contribution in [2.45, 2.75) is 19.3 Å². The van der Waals surface area contributed by atoms with Crippen LogP contribution in [-0.2, 0) is 9.59 Å². The van der Waals surface area contributed by atoms with Crippen LogP contribution in [0.2, 0.25) is 0 Å². The molecule has 0 N–H and O–H groups in total. The van der Waals surface area contributed by atoms with Gasteiger partial charge in [-0.2, -0.15) is 0 Å². The van der Waals surface area contributed by atoms with Crippen molar-refractivity contribution in [3.63, 3.8) is 0 Å². The highest BCUT2D eigenvalue weighted by Gasteiger charge is 2.10. The van der Waals surface area contributed by atoms with Crippen LogP contribution in [0.25, 0.3) is 6.08 Å². The van der Waals surface area contributed by atoms with Crippen LogP contribution >= 0.6 is 0 Å². The molecule has 146 valence electrons. The van der Waals surface area contributed by atoms with Gasteiger partial charge in [-0.1, -0.05) is 18.2 Å². The van der Waals surface area contributed by atoms with Crippen LogP contribution in [0.15, 0.2) is 54.7 Å². The zero-order chi connectivity index (χ0) is 20.4. The topological polar surface area (TPSA) is 105 Å². The number of ether oxygens (including phenoxy) is 3. The van der Waals surface area contributed by atoms with E-state index >= 15 is 0 Å². The Labute approximate surface area is 161 Å². The first kappa shape index (κ1) is 20.6. The number of rotatable bonds is 9. The molecule has 0 fully saturated rings. The molecule has 0 aliphatic heterocycles. The maximum atomic E-state index is 11.8. The Kier molecular flexibility index (Phi) is 7.71. The molecule has 8 nitrogen and oxygen atoms in total. The fourth-order valence-electron chi connectivity index (χ4n) is 2.20. The number of carbonyl (C=O) groups is 2. The Morgan fingerprint density at radius 3 is 2.18 bits per heavy atom. The molecule has 0 aliphatic rings. The van der Waals surface area contributed by atoms with Crippen molar-refractivity contribution in [2.75, 3.05) is 7.11 Å². The molecule has 0 saturated heterocycles. The lowest BCUT2D eigenvalue weighted by molar-refractivity contribution is -0.400. The van der Waals surface area contributed by atoms with Crippen LogP contribution in [0.5, 0.6) is 17.2 Å². The summed E-state index contributed by atoms with van der Waals surface area (Å²) in [4.78, 5) is 33.4. The third-order valence-corrected chi connectivity index (χ3v) is 3.54. The van der Waals surface area contributed by atoms with Gasteiger partial charge in [0.05, 0.1) is 12.0 Å². The lowest BCUT2D eigenvalue weighted by Gasteiger charge is -2.06. The fourth-order valence-corrected chi connectivity index (χ4v) is 2.20. The Morgan fingerprint density at radius 1 is 0.964 bits per heavy atom. The van der Waals surface area contributed by atoms with E-state index in [-0.39, 0.29) is 19.3 Å². The van der Waals surface area contributed by atoms with Gasteiger partial charge >= 0.3 is 11.9 Å². The second kappa shape index (κ2) is 10.5. The summed E-state index contributed by atoms with van der Waals surface area (Å²) in [6.45, 7) is 0. The molecule has 0 saturated carbocycles. The quantitative estimate of drug-likeness (QED) is 0.281. The van der Waals surface area contributed by atoms with E-state index in [2.05, 4.69) is 0 Å². The zero-order valence-electron chi connectivity index (χ0n) is 15.2. The number of hydrogen-bond donors (Lipinski definition) is 0. The average molecular weight is 385 g/mol. The number of methoxy groups -OCH3 is 1. The second-order valence-corrected chi connectivity index (χ2v) is 5.65. The molecule has 0 amide bonds. The van der Waals surface area contributed by atoms with Gasteiger partial charge < -0.3 is 14.2 Å². The average Bonchev–Trinajstić information content (AvgIpc) is 2.67. The van der Waals surface area contributed by atoms with E-state index in [0.717, 1.165) is 6.20 Å². The minimum atomic E-state index is -0.562. The summed E-state index contributed by atoms with van der Waals surface area (Å²) in [6, 6.07) is 12.9. The Hall–Kier alpha value is -3.68. The molecule has 0 spiro atoms. The molecule has 28 heavy (non-hydrogen) atoms. The summed E-state index contributed by atoms with van der Waals surface area (Å²) in [5, 5.41) is 10.3. The standard InChI is InChI=1S/C20H19NO7/c1-26-17-4-2-5-18(14-17)28-20(23)7-3-6-19(22)27-16-10-8-15(9-11-16)12-13-21(24)25/h2,4-5,8-14H,3,6-7H2,1H3/b13-12+. The van der Waals surface area contributed by atoms with E-state index in [1.54, 1.807) is 36.4 Å². The fraction of sp³-hybridized carbons (Fsp3) is 0.200. The van der Waals surface area contributed by atoms with Crippen molar-refractivity contribution in [3.8, 4) is 17.2 Å². The van der Waals surface area contributed by atoms with Crippen molar-refractivity contribution in [2.24, 2.45) is 0 Å². The lowest BCUT2D eigenvalue weighted by Crippen LogP contribution is -2.11. The van der Waals surface area contributed by atoms with E-state index in [0.29, 0.717) is 22.8 Å². The first-order valence-corrected chi connectivity index (χ1v) is 8.43. The van der Waals surface area contributed by atoms with E-state index in [1.807, 2.05) is 0 Å². The van der Waals surface area contributed by atoms with E-state index < -0.39 is 16.9 Å². The van der Waals surface area contributed by atoms with Gasteiger partial charge in [-0.25, -0.2) is 0 Å². The summed E-state index contributed by atoms with van der Waals surface area (Å²) in [6.07, 6.45) is 2.56. The number of esters is 2. The largest absolute Gasteiger partial charge is 0.497 e. The number of hydrogen-bond acceptors (Lipinski definition) is 7. The third kappa shape index (κ3) is 7.28. The summed E-state index contributed by atoms with van der Waals surface area (Å²) >= 11 is 0.